The number of rotatable bonds is 6. The number of phenolic OH excluding ortho intramolecular Hbond substituents is 1. The van der Waals surface area contributed by atoms with Crippen molar-refractivity contribution in [1.29, 1.82) is 0 Å². The Kier molecular flexibility index (Phi) is 5.50. The Balaban J connectivity index is 1.32. The summed E-state index contributed by atoms with van der Waals surface area (Å²) in [6, 6.07) is 23.2. The van der Waals surface area contributed by atoms with Crippen LogP contribution in [0.4, 0.5) is 5.69 Å². The second kappa shape index (κ2) is 8.96. The third-order valence-electron chi connectivity index (χ3n) is 6.23. The first-order valence-corrected chi connectivity index (χ1v) is 12.3. The Hall–Kier alpha value is -4.04. The van der Waals surface area contributed by atoms with E-state index >= 15 is 0 Å². The fraction of sp³-hybridized carbons (Fsp3) is 0.148. The normalized spacial score (nSPS) is 12.9. The minimum Gasteiger partial charge on any atom is -0.507 e. The van der Waals surface area contributed by atoms with E-state index in [2.05, 4.69) is 16.3 Å². The third-order valence-corrected chi connectivity index (χ3v) is 7.18. The topological polar surface area (TPSA) is 84.4 Å². The lowest BCUT2D eigenvalue weighted by atomic mass is 10.1. The molecule has 3 aromatic carbocycles. The summed E-state index contributed by atoms with van der Waals surface area (Å²) in [4.78, 5) is 14.9. The van der Waals surface area contributed by atoms with E-state index in [9.17, 15) is 9.90 Å². The van der Waals surface area contributed by atoms with Crippen molar-refractivity contribution in [1.82, 2.24) is 14.8 Å². The van der Waals surface area contributed by atoms with Crippen LogP contribution in [0.5, 0.6) is 5.75 Å². The second-order valence-corrected chi connectivity index (χ2v) is 9.34. The predicted molar refractivity (Wildman–Crippen MR) is 136 cm³/mol. The average molecular weight is 483 g/mol. The van der Waals surface area contributed by atoms with Crippen LogP contribution in [-0.2, 0) is 17.8 Å². The molecule has 1 aliphatic rings. The van der Waals surface area contributed by atoms with Crippen LogP contribution in [0.3, 0.4) is 0 Å². The van der Waals surface area contributed by atoms with E-state index in [0.29, 0.717) is 29.6 Å². The van der Waals surface area contributed by atoms with Crippen molar-refractivity contribution in [3.63, 3.8) is 0 Å². The maximum absolute atomic E-state index is 13.1. The number of nitrogens with zero attached hydrogens (tertiary/aromatic N) is 4. The summed E-state index contributed by atoms with van der Waals surface area (Å²) in [6.45, 7) is 1.07. The van der Waals surface area contributed by atoms with Crippen LogP contribution >= 0.6 is 11.8 Å². The molecule has 0 saturated heterocycles. The summed E-state index contributed by atoms with van der Waals surface area (Å²) < 4.78 is 7.46. The van der Waals surface area contributed by atoms with Crippen molar-refractivity contribution in [2.75, 3.05) is 17.2 Å². The summed E-state index contributed by atoms with van der Waals surface area (Å²) in [5.74, 6) is 1.63. The molecule has 0 saturated carbocycles. The van der Waals surface area contributed by atoms with Gasteiger partial charge in [-0.2, -0.15) is 0 Å². The highest BCUT2D eigenvalue weighted by Gasteiger charge is 2.25. The number of furan rings is 1. The van der Waals surface area contributed by atoms with Gasteiger partial charge in [-0.1, -0.05) is 54.2 Å². The maximum atomic E-state index is 13.1. The summed E-state index contributed by atoms with van der Waals surface area (Å²) >= 11 is 1.34. The zero-order chi connectivity index (χ0) is 23.8. The van der Waals surface area contributed by atoms with Gasteiger partial charge in [0.05, 0.1) is 24.1 Å². The van der Waals surface area contributed by atoms with E-state index in [4.69, 9.17) is 4.42 Å². The molecular weight excluding hydrogens is 460 g/mol. The van der Waals surface area contributed by atoms with Gasteiger partial charge in [-0.15, -0.1) is 10.2 Å². The minimum absolute atomic E-state index is 0.0302. The number of hydrogen-bond donors (Lipinski definition) is 1. The largest absolute Gasteiger partial charge is 0.507 e. The molecule has 0 atom stereocenters. The fourth-order valence-electron chi connectivity index (χ4n) is 4.50. The molecule has 7 nitrogen and oxygen atoms in total. The standard InChI is InChI=1S/C27H22N4O3S/c32-24-15-20-8-2-1-7-19(20)14-22(24)26-28-29-27(31(26)16-21-9-5-13-34-21)35-17-25(33)30-12-11-18-6-3-4-10-23(18)30/h1-10,13-15,32H,11-12,16-17H2. The Labute approximate surface area is 206 Å². The van der Waals surface area contributed by atoms with Gasteiger partial charge < -0.3 is 14.4 Å². The molecule has 174 valence electrons. The number of para-hydroxylation sites is 1. The van der Waals surface area contributed by atoms with E-state index in [1.54, 1.807) is 12.3 Å². The van der Waals surface area contributed by atoms with Gasteiger partial charge in [0.25, 0.3) is 0 Å². The molecule has 1 amide bonds. The smallest absolute Gasteiger partial charge is 0.237 e. The average Bonchev–Trinajstić information content (AvgIpc) is 3.63. The first-order valence-electron chi connectivity index (χ1n) is 11.4. The Morgan fingerprint density at radius 2 is 1.80 bits per heavy atom. The third kappa shape index (κ3) is 4.06. The molecule has 2 aromatic heterocycles. The highest BCUT2D eigenvalue weighted by Crippen LogP contribution is 2.35. The number of amides is 1. The molecule has 0 bridgehead atoms. The molecule has 35 heavy (non-hydrogen) atoms. The van der Waals surface area contributed by atoms with Crippen LogP contribution in [0.2, 0.25) is 0 Å². The van der Waals surface area contributed by atoms with E-state index < -0.39 is 0 Å². The molecule has 1 aliphatic heterocycles. The highest BCUT2D eigenvalue weighted by atomic mass is 32.2. The van der Waals surface area contributed by atoms with Crippen molar-refractivity contribution in [3.8, 4) is 17.1 Å². The Morgan fingerprint density at radius 1 is 1.00 bits per heavy atom. The molecule has 0 aliphatic carbocycles. The summed E-state index contributed by atoms with van der Waals surface area (Å²) in [7, 11) is 0. The lowest BCUT2D eigenvalue weighted by molar-refractivity contribution is -0.116. The fourth-order valence-corrected chi connectivity index (χ4v) is 5.32. The number of carbonyl (C=O) groups is 1. The molecule has 0 radical (unpaired) electrons. The number of aromatic nitrogens is 3. The van der Waals surface area contributed by atoms with Crippen LogP contribution in [0, 0.1) is 0 Å². The lowest BCUT2D eigenvalue weighted by Gasteiger charge is -2.17. The highest BCUT2D eigenvalue weighted by molar-refractivity contribution is 7.99. The zero-order valence-electron chi connectivity index (χ0n) is 18.8. The first kappa shape index (κ1) is 21.5. The lowest BCUT2D eigenvalue weighted by Crippen LogP contribution is -2.30. The van der Waals surface area contributed by atoms with E-state index in [1.807, 2.05) is 70.1 Å². The number of carbonyl (C=O) groups excluding carboxylic acids is 1. The number of thioether (sulfide) groups is 1. The molecule has 0 fully saturated rings. The van der Waals surface area contributed by atoms with Crippen molar-refractivity contribution < 1.29 is 14.3 Å². The molecular formula is C27H22N4O3S. The van der Waals surface area contributed by atoms with Gasteiger partial charge in [0.1, 0.15) is 11.5 Å². The number of anilines is 1. The molecule has 1 N–H and O–H groups in total. The van der Waals surface area contributed by atoms with Gasteiger partial charge in [0.15, 0.2) is 11.0 Å². The summed E-state index contributed by atoms with van der Waals surface area (Å²) in [5, 5.41) is 22.1. The number of benzene rings is 3. The first-order chi connectivity index (χ1) is 17.2. The number of fused-ring (bicyclic) bond motifs is 2. The van der Waals surface area contributed by atoms with Gasteiger partial charge in [0.2, 0.25) is 5.91 Å². The van der Waals surface area contributed by atoms with Crippen LogP contribution in [-0.4, -0.2) is 38.1 Å². The molecule has 6 rings (SSSR count). The van der Waals surface area contributed by atoms with E-state index in [1.165, 1.54) is 17.3 Å². The predicted octanol–water partition coefficient (Wildman–Crippen LogP) is 5.13. The van der Waals surface area contributed by atoms with Gasteiger partial charge in [-0.3, -0.25) is 9.36 Å². The van der Waals surface area contributed by atoms with Gasteiger partial charge in [-0.05, 0) is 53.1 Å². The number of aromatic hydroxyl groups is 1. The van der Waals surface area contributed by atoms with E-state index in [0.717, 1.165) is 28.6 Å². The Bertz CT molecular complexity index is 1530. The van der Waals surface area contributed by atoms with Crippen molar-refractivity contribution in [2.24, 2.45) is 0 Å². The molecule has 5 aromatic rings. The SMILES string of the molecule is O=C(CSc1nnc(-c2cc3ccccc3cc2O)n1Cc1ccco1)N1CCc2ccccc21. The van der Waals surface area contributed by atoms with Crippen LogP contribution in [0.1, 0.15) is 11.3 Å². The molecule has 0 unspecified atom stereocenters. The minimum atomic E-state index is 0.0302. The number of hydrogen-bond acceptors (Lipinski definition) is 6. The van der Waals surface area contributed by atoms with Crippen molar-refractivity contribution >= 4 is 34.1 Å². The monoisotopic (exact) mass is 482 g/mol. The summed E-state index contributed by atoms with van der Waals surface area (Å²) in [5.41, 5.74) is 2.76. The van der Waals surface area contributed by atoms with Gasteiger partial charge in [0, 0.05) is 12.2 Å². The Morgan fingerprint density at radius 3 is 2.63 bits per heavy atom. The molecule has 0 spiro atoms. The zero-order valence-corrected chi connectivity index (χ0v) is 19.6. The number of phenols is 1. The second-order valence-electron chi connectivity index (χ2n) is 8.40. The van der Waals surface area contributed by atoms with Crippen LogP contribution < -0.4 is 4.90 Å². The van der Waals surface area contributed by atoms with E-state index in [-0.39, 0.29) is 17.4 Å². The van der Waals surface area contributed by atoms with Crippen molar-refractivity contribution in [2.45, 2.75) is 18.1 Å². The van der Waals surface area contributed by atoms with Crippen LogP contribution in [0.25, 0.3) is 22.2 Å². The molecule has 3 heterocycles. The van der Waals surface area contributed by atoms with Gasteiger partial charge >= 0.3 is 0 Å². The quantitative estimate of drug-likeness (QED) is 0.338. The molecule has 8 heteroatoms. The maximum Gasteiger partial charge on any atom is 0.237 e. The summed E-state index contributed by atoms with van der Waals surface area (Å²) in [6.07, 6.45) is 2.49. The van der Waals surface area contributed by atoms with Gasteiger partial charge in [-0.25, -0.2) is 0 Å². The van der Waals surface area contributed by atoms with Crippen molar-refractivity contribution in [3.05, 3.63) is 90.4 Å². The van der Waals surface area contributed by atoms with Crippen LogP contribution in [0.15, 0.2) is 88.6 Å².